The minimum atomic E-state index is 0.168. The first-order valence-electron chi connectivity index (χ1n) is 4.99. The number of ether oxygens (including phenoxy) is 1. The van der Waals surface area contributed by atoms with Crippen LogP contribution in [-0.4, -0.2) is 17.1 Å². The predicted octanol–water partition coefficient (Wildman–Crippen LogP) is 3.18. The molecule has 7 heteroatoms. The van der Waals surface area contributed by atoms with Crippen LogP contribution in [0.1, 0.15) is 0 Å². The van der Waals surface area contributed by atoms with Gasteiger partial charge in [-0.2, -0.15) is 9.97 Å². The number of nitrogens with two attached hydrogens (primary N) is 1. The summed E-state index contributed by atoms with van der Waals surface area (Å²) in [4.78, 5) is 8.01. The summed E-state index contributed by atoms with van der Waals surface area (Å²) in [6.45, 7) is 0. The van der Waals surface area contributed by atoms with Crippen LogP contribution >= 0.6 is 38.5 Å². The van der Waals surface area contributed by atoms with Gasteiger partial charge in [-0.25, -0.2) is 0 Å². The van der Waals surface area contributed by atoms with E-state index in [1.54, 1.807) is 6.07 Å². The molecule has 0 aliphatic carbocycles. The number of anilines is 3. The fraction of sp³-hybridized carbons (Fsp3) is 0.0909. The summed E-state index contributed by atoms with van der Waals surface area (Å²) >= 11 is 5.72. The van der Waals surface area contributed by atoms with Gasteiger partial charge in [-0.3, -0.25) is 0 Å². The number of nitrogens with zero attached hydrogens (tertiary/aromatic N) is 2. The first-order valence-corrected chi connectivity index (χ1v) is 6.86. The number of methoxy groups -OCH3 is 1. The predicted molar refractivity (Wildman–Crippen MR) is 83.1 cm³/mol. The normalized spacial score (nSPS) is 10.2. The lowest BCUT2D eigenvalue weighted by Crippen LogP contribution is -2.01. The Labute approximate surface area is 126 Å². The van der Waals surface area contributed by atoms with E-state index in [2.05, 4.69) is 53.8 Å². The number of nitrogens with one attached hydrogen (secondary N) is 1. The van der Waals surface area contributed by atoms with Crippen LogP contribution in [0.2, 0.25) is 0 Å². The second-order valence-corrected chi connectivity index (χ2v) is 5.42. The Balaban J connectivity index is 2.27. The van der Waals surface area contributed by atoms with Gasteiger partial charge in [0.25, 0.3) is 0 Å². The Bertz CT molecular complexity index is 579. The quantitative estimate of drug-likeness (QED) is 0.746. The van der Waals surface area contributed by atoms with E-state index in [4.69, 9.17) is 10.5 Å². The van der Waals surface area contributed by atoms with Gasteiger partial charge in [0.05, 0.1) is 7.11 Å². The number of hydrogen-bond acceptors (Lipinski definition) is 5. The Morgan fingerprint density at radius 1 is 1.33 bits per heavy atom. The highest BCUT2D eigenvalue weighted by atomic mass is 127. The minimum absolute atomic E-state index is 0.168. The average molecular weight is 421 g/mol. The van der Waals surface area contributed by atoms with Crippen molar-refractivity contribution in [3.8, 4) is 5.88 Å². The summed E-state index contributed by atoms with van der Waals surface area (Å²) in [7, 11) is 1.53. The van der Waals surface area contributed by atoms with Gasteiger partial charge in [-0.1, -0.05) is 0 Å². The number of rotatable bonds is 3. The number of hydrogen-bond donors (Lipinski definition) is 2. The summed E-state index contributed by atoms with van der Waals surface area (Å²) in [6, 6.07) is 7.60. The zero-order valence-corrected chi connectivity index (χ0v) is 13.2. The van der Waals surface area contributed by atoms with Gasteiger partial charge in [0.2, 0.25) is 11.8 Å². The van der Waals surface area contributed by atoms with E-state index in [9.17, 15) is 0 Å². The molecule has 5 nitrogen and oxygen atoms in total. The molecule has 0 radical (unpaired) electrons. The standard InChI is InChI=1S/C11H10BrIN4O/c1-18-10-5-9(16-11(14)17-10)15-6-2-3-8(13)7(12)4-6/h2-5H,1H3,(H3,14,15,16,17). The molecule has 18 heavy (non-hydrogen) atoms. The topological polar surface area (TPSA) is 73.1 Å². The molecular weight excluding hydrogens is 411 g/mol. The van der Waals surface area contributed by atoms with Crippen molar-refractivity contribution in [3.63, 3.8) is 0 Å². The van der Waals surface area contributed by atoms with Crippen molar-refractivity contribution in [2.75, 3.05) is 18.2 Å². The maximum Gasteiger partial charge on any atom is 0.225 e. The Hall–Kier alpha value is -1.09. The molecule has 0 amide bonds. The van der Waals surface area contributed by atoms with E-state index < -0.39 is 0 Å². The Morgan fingerprint density at radius 3 is 2.78 bits per heavy atom. The molecule has 0 aliphatic rings. The van der Waals surface area contributed by atoms with Gasteiger partial charge < -0.3 is 15.8 Å². The van der Waals surface area contributed by atoms with Crippen molar-refractivity contribution in [1.29, 1.82) is 0 Å². The monoisotopic (exact) mass is 420 g/mol. The lowest BCUT2D eigenvalue weighted by molar-refractivity contribution is 0.398. The van der Waals surface area contributed by atoms with Crippen LogP contribution in [0.15, 0.2) is 28.7 Å². The number of aromatic nitrogens is 2. The van der Waals surface area contributed by atoms with Crippen LogP contribution in [0.5, 0.6) is 5.88 Å². The third-order valence-electron chi connectivity index (χ3n) is 2.12. The highest BCUT2D eigenvalue weighted by molar-refractivity contribution is 14.1. The van der Waals surface area contributed by atoms with Crippen molar-refractivity contribution in [2.24, 2.45) is 0 Å². The van der Waals surface area contributed by atoms with Crippen molar-refractivity contribution in [2.45, 2.75) is 0 Å². The third kappa shape index (κ3) is 3.22. The molecule has 2 rings (SSSR count). The van der Waals surface area contributed by atoms with Crippen LogP contribution in [0.4, 0.5) is 17.5 Å². The maximum absolute atomic E-state index is 5.59. The first kappa shape index (κ1) is 13.3. The van der Waals surface area contributed by atoms with E-state index in [1.165, 1.54) is 7.11 Å². The highest BCUT2D eigenvalue weighted by Crippen LogP contribution is 2.25. The second-order valence-electron chi connectivity index (χ2n) is 3.41. The van der Waals surface area contributed by atoms with E-state index in [0.717, 1.165) is 13.7 Å². The van der Waals surface area contributed by atoms with Gasteiger partial charge in [-0.15, -0.1) is 0 Å². The molecule has 0 saturated carbocycles. The molecule has 0 spiro atoms. The minimum Gasteiger partial charge on any atom is -0.481 e. The van der Waals surface area contributed by atoms with E-state index in [1.807, 2.05) is 18.2 Å². The molecule has 1 aromatic carbocycles. The molecule has 0 unspecified atom stereocenters. The summed E-state index contributed by atoms with van der Waals surface area (Å²) in [5.74, 6) is 1.18. The maximum atomic E-state index is 5.59. The average Bonchev–Trinajstić information content (AvgIpc) is 2.33. The molecule has 1 heterocycles. The first-order chi connectivity index (χ1) is 8.58. The number of nitrogen functional groups attached to an aromatic ring is 1. The highest BCUT2D eigenvalue weighted by Gasteiger charge is 2.04. The fourth-order valence-corrected chi connectivity index (χ4v) is 2.05. The molecule has 0 atom stereocenters. The molecule has 2 aromatic rings. The zero-order chi connectivity index (χ0) is 13.1. The van der Waals surface area contributed by atoms with Gasteiger partial charge >= 0.3 is 0 Å². The van der Waals surface area contributed by atoms with Crippen LogP contribution in [0.3, 0.4) is 0 Å². The van der Waals surface area contributed by atoms with E-state index in [-0.39, 0.29) is 5.95 Å². The molecule has 94 valence electrons. The van der Waals surface area contributed by atoms with E-state index >= 15 is 0 Å². The molecule has 0 aliphatic heterocycles. The van der Waals surface area contributed by atoms with Crippen molar-refractivity contribution < 1.29 is 4.74 Å². The largest absolute Gasteiger partial charge is 0.481 e. The summed E-state index contributed by atoms with van der Waals surface area (Å²) in [5, 5.41) is 3.14. The summed E-state index contributed by atoms with van der Waals surface area (Å²) in [5.41, 5.74) is 6.50. The zero-order valence-electron chi connectivity index (χ0n) is 9.45. The van der Waals surface area contributed by atoms with Gasteiger partial charge in [0, 0.05) is 19.8 Å². The summed E-state index contributed by atoms with van der Waals surface area (Å²) < 4.78 is 7.19. The second kappa shape index (κ2) is 5.70. The Morgan fingerprint density at radius 2 is 2.11 bits per heavy atom. The smallest absolute Gasteiger partial charge is 0.225 e. The molecular formula is C11H10BrIN4O. The van der Waals surface area contributed by atoms with Crippen LogP contribution in [-0.2, 0) is 0 Å². The molecule has 3 N–H and O–H groups in total. The lowest BCUT2D eigenvalue weighted by Gasteiger charge is -2.08. The van der Waals surface area contributed by atoms with Crippen molar-refractivity contribution >= 4 is 56.0 Å². The summed E-state index contributed by atoms with van der Waals surface area (Å²) in [6.07, 6.45) is 0. The number of halogens is 2. The molecule has 0 bridgehead atoms. The van der Waals surface area contributed by atoms with Crippen LogP contribution in [0.25, 0.3) is 0 Å². The third-order valence-corrected chi connectivity index (χ3v) is 4.46. The molecule has 0 fully saturated rings. The van der Waals surface area contributed by atoms with Gasteiger partial charge in [-0.05, 0) is 56.7 Å². The lowest BCUT2D eigenvalue weighted by atomic mass is 10.3. The van der Waals surface area contributed by atoms with Crippen molar-refractivity contribution in [3.05, 3.63) is 32.3 Å². The number of benzene rings is 1. The fourth-order valence-electron chi connectivity index (χ4n) is 1.33. The van der Waals surface area contributed by atoms with E-state index in [0.29, 0.717) is 11.7 Å². The SMILES string of the molecule is COc1cc(Nc2ccc(I)c(Br)c2)nc(N)n1. The van der Waals surface area contributed by atoms with Crippen molar-refractivity contribution in [1.82, 2.24) is 9.97 Å². The molecule has 1 aromatic heterocycles. The van der Waals surface area contributed by atoms with Crippen LogP contribution < -0.4 is 15.8 Å². The molecule has 0 saturated heterocycles. The van der Waals surface area contributed by atoms with Gasteiger partial charge in [0.1, 0.15) is 5.82 Å². The Kier molecular flexibility index (Phi) is 4.23. The van der Waals surface area contributed by atoms with Gasteiger partial charge in [0.15, 0.2) is 0 Å². The van der Waals surface area contributed by atoms with Crippen LogP contribution in [0, 0.1) is 3.57 Å².